The van der Waals surface area contributed by atoms with E-state index in [1.54, 1.807) is 0 Å². The van der Waals surface area contributed by atoms with Crippen LogP contribution in [0.5, 0.6) is 0 Å². The third kappa shape index (κ3) is 3.75. The summed E-state index contributed by atoms with van der Waals surface area (Å²) in [5.41, 5.74) is 2.90. The summed E-state index contributed by atoms with van der Waals surface area (Å²) in [6.45, 7) is 9.70. The van der Waals surface area contributed by atoms with Gasteiger partial charge in [-0.25, -0.2) is 0 Å². The molecule has 3 heteroatoms. The third-order valence-electron chi connectivity index (χ3n) is 3.77. The van der Waals surface area contributed by atoms with Gasteiger partial charge in [-0.3, -0.25) is 4.99 Å². The highest BCUT2D eigenvalue weighted by Crippen LogP contribution is 2.25. The minimum absolute atomic E-state index is 0.227. The van der Waals surface area contributed by atoms with E-state index in [-0.39, 0.29) is 5.54 Å². The summed E-state index contributed by atoms with van der Waals surface area (Å²) < 4.78 is 0. The first kappa shape index (κ1) is 14.4. The van der Waals surface area contributed by atoms with Crippen LogP contribution in [0.1, 0.15) is 51.2 Å². The zero-order valence-corrected chi connectivity index (χ0v) is 13.2. The number of amidine groups is 1. The van der Waals surface area contributed by atoms with Crippen molar-refractivity contribution in [3.63, 3.8) is 0 Å². The van der Waals surface area contributed by atoms with E-state index in [2.05, 4.69) is 62.3 Å². The molecular weight excluding hydrogens is 252 g/mol. The summed E-state index contributed by atoms with van der Waals surface area (Å²) in [7, 11) is 0. The van der Waals surface area contributed by atoms with Gasteiger partial charge in [0.2, 0.25) is 0 Å². The van der Waals surface area contributed by atoms with Crippen molar-refractivity contribution in [1.82, 2.24) is 5.32 Å². The van der Waals surface area contributed by atoms with Gasteiger partial charge in [-0.2, -0.15) is 0 Å². The summed E-state index contributed by atoms with van der Waals surface area (Å²) in [5.74, 6) is 1.71. The zero-order chi connectivity index (χ0) is 13.9. The Kier molecular flexibility index (Phi) is 4.56. The molecule has 0 bridgehead atoms. The van der Waals surface area contributed by atoms with Crippen molar-refractivity contribution >= 4 is 16.9 Å². The van der Waals surface area contributed by atoms with Crippen LogP contribution in [0, 0.1) is 0 Å². The number of thioether (sulfide) groups is 1. The number of benzene rings is 1. The quantitative estimate of drug-likeness (QED) is 0.892. The molecule has 1 aliphatic heterocycles. The number of hydrogen-bond acceptors (Lipinski definition) is 2. The van der Waals surface area contributed by atoms with E-state index in [0.29, 0.717) is 5.92 Å². The molecule has 0 saturated carbocycles. The molecule has 2 nitrogen and oxygen atoms in total. The fourth-order valence-corrected chi connectivity index (χ4v) is 3.21. The number of aliphatic imine (C=N–C) groups is 1. The molecule has 0 aromatic heterocycles. The Hall–Kier alpha value is -0.960. The normalized spacial score (nSPS) is 25.0. The van der Waals surface area contributed by atoms with Gasteiger partial charge in [0, 0.05) is 11.3 Å². The largest absolute Gasteiger partial charge is 0.359 e. The minimum atomic E-state index is 0.227. The number of rotatable bonds is 4. The Morgan fingerprint density at radius 2 is 2.00 bits per heavy atom. The lowest BCUT2D eigenvalue weighted by Gasteiger charge is -2.20. The van der Waals surface area contributed by atoms with E-state index in [4.69, 9.17) is 0 Å². The van der Waals surface area contributed by atoms with Crippen molar-refractivity contribution in [1.29, 1.82) is 0 Å². The van der Waals surface area contributed by atoms with Crippen LogP contribution in [0.15, 0.2) is 29.3 Å². The van der Waals surface area contributed by atoms with Crippen LogP contribution in [0.4, 0.5) is 0 Å². The predicted octanol–water partition coefficient (Wildman–Crippen LogP) is 4.17. The second-order valence-corrected chi connectivity index (χ2v) is 6.81. The predicted molar refractivity (Wildman–Crippen MR) is 86.0 cm³/mol. The van der Waals surface area contributed by atoms with E-state index >= 15 is 0 Å². The Bertz CT molecular complexity index is 450. The summed E-state index contributed by atoms with van der Waals surface area (Å²) in [6.07, 6.45) is 1.14. The number of nitrogens with one attached hydrogen (secondary N) is 1. The molecule has 2 rings (SSSR count). The van der Waals surface area contributed by atoms with Gasteiger partial charge in [-0.05, 0) is 30.4 Å². The molecule has 1 unspecified atom stereocenters. The van der Waals surface area contributed by atoms with Gasteiger partial charge in [0.05, 0.1) is 6.54 Å². The number of hydrogen-bond donors (Lipinski definition) is 1. The van der Waals surface area contributed by atoms with Gasteiger partial charge in [0.15, 0.2) is 5.17 Å². The first-order chi connectivity index (χ1) is 9.02. The second-order valence-electron chi connectivity index (χ2n) is 5.85. The maximum atomic E-state index is 4.68. The lowest BCUT2D eigenvalue weighted by molar-refractivity contribution is 0.466. The molecule has 19 heavy (non-hydrogen) atoms. The van der Waals surface area contributed by atoms with Gasteiger partial charge >= 0.3 is 0 Å². The van der Waals surface area contributed by atoms with Crippen LogP contribution in [0.3, 0.4) is 0 Å². The van der Waals surface area contributed by atoms with Crippen molar-refractivity contribution < 1.29 is 0 Å². The van der Waals surface area contributed by atoms with E-state index in [9.17, 15) is 0 Å². The summed E-state index contributed by atoms with van der Waals surface area (Å²) in [4.78, 5) is 4.68. The smallest absolute Gasteiger partial charge is 0.157 e. The maximum Gasteiger partial charge on any atom is 0.157 e. The maximum absolute atomic E-state index is 4.68. The molecule has 0 spiro atoms. The van der Waals surface area contributed by atoms with Crippen molar-refractivity contribution in [3.05, 3.63) is 35.4 Å². The monoisotopic (exact) mass is 276 g/mol. The van der Waals surface area contributed by atoms with Crippen molar-refractivity contribution in [2.24, 2.45) is 4.99 Å². The van der Waals surface area contributed by atoms with E-state index in [1.165, 1.54) is 11.1 Å². The Labute approximate surface area is 121 Å². The van der Waals surface area contributed by atoms with Crippen LogP contribution in [0.25, 0.3) is 0 Å². The van der Waals surface area contributed by atoms with Crippen LogP contribution >= 0.6 is 11.8 Å². The molecule has 1 heterocycles. The minimum Gasteiger partial charge on any atom is -0.359 e. The van der Waals surface area contributed by atoms with E-state index in [1.807, 2.05) is 11.8 Å². The molecule has 1 N–H and O–H groups in total. The van der Waals surface area contributed by atoms with Crippen molar-refractivity contribution in [3.8, 4) is 0 Å². The van der Waals surface area contributed by atoms with Crippen LogP contribution in [-0.4, -0.2) is 16.5 Å². The summed E-state index contributed by atoms with van der Waals surface area (Å²) in [6, 6.07) is 8.81. The SMILES string of the molecule is CCC1(C)CSC(=NCc2ccc(C(C)C)cc2)N1. The molecule has 1 aliphatic rings. The van der Waals surface area contributed by atoms with Crippen molar-refractivity contribution in [2.75, 3.05) is 5.75 Å². The third-order valence-corrected chi connectivity index (χ3v) is 5.05. The molecule has 0 amide bonds. The molecule has 0 aliphatic carbocycles. The van der Waals surface area contributed by atoms with E-state index < -0.39 is 0 Å². The molecule has 1 aromatic carbocycles. The number of nitrogens with zero attached hydrogens (tertiary/aromatic N) is 1. The standard InChI is InChI=1S/C16H24N2S/c1-5-16(4)11-19-15(18-16)17-10-13-6-8-14(9-7-13)12(2)3/h6-9,12H,5,10-11H2,1-4H3,(H,17,18). The van der Waals surface area contributed by atoms with Gasteiger partial charge in [-0.15, -0.1) is 0 Å². The highest BCUT2D eigenvalue weighted by molar-refractivity contribution is 8.14. The van der Waals surface area contributed by atoms with Gasteiger partial charge < -0.3 is 5.32 Å². The molecule has 1 aromatic rings. The van der Waals surface area contributed by atoms with Crippen LogP contribution in [0.2, 0.25) is 0 Å². The fourth-order valence-electron chi connectivity index (χ4n) is 2.00. The first-order valence-corrected chi connectivity index (χ1v) is 8.05. The summed E-state index contributed by atoms with van der Waals surface area (Å²) in [5, 5.41) is 4.62. The second kappa shape index (κ2) is 6.00. The first-order valence-electron chi connectivity index (χ1n) is 7.07. The van der Waals surface area contributed by atoms with Crippen LogP contribution < -0.4 is 5.32 Å². The molecule has 1 fully saturated rings. The summed E-state index contributed by atoms with van der Waals surface area (Å²) >= 11 is 1.84. The lowest BCUT2D eigenvalue weighted by Crippen LogP contribution is -2.39. The van der Waals surface area contributed by atoms with Crippen LogP contribution in [-0.2, 0) is 6.54 Å². The highest BCUT2D eigenvalue weighted by Gasteiger charge is 2.30. The average molecular weight is 276 g/mol. The lowest BCUT2D eigenvalue weighted by atomic mass is 10.0. The molecule has 1 saturated heterocycles. The molecular formula is C16H24N2S. The zero-order valence-electron chi connectivity index (χ0n) is 12.4. The van der Waals surface area contributed by atoms with Gasteiger partial charge in [0.25, 0.3) is 0 Å². The fraction of sp³-hybridized carbons (Fsp3) is 0.562. The highest BCUT2D eigenvalue weighted by atomic mass is 32.2. The average Bonchev–Trinajstić information content (AvgIpc) is 2.79. The molecule has 1 atom stereocenters. The van der Waals surface area contributed by atoms with Gasteiger partial charge in [0.1, 0.15) is 0 Å². The Balaban J connectivity index is 1.95. The van der Waals surface area contributed by atoms with Crippen molar-refractivity contribution in [2.45, 2.75) is 52.1 Å². The molecule has 104 valence electrons. The topological polar surface area (TPSA) is 24.4 Å². The molecule has 0 radical (unpaired) electrons. The van der Waals surface area contributed by atoms with E-state index in [0.717, 1.165) is 23.9 Å². The Morgan fingerprint density at radius 1 is 1.32 bits per heavy atom. The van der Waals surface area contributed by atoms with Gasteiger partial charge in [-0.1, -0.05) is 56.8 Å². The Morgan fingerprint density at radius 3 is 2.53 bits per heavy atom.